The summed E-state index contributed by atoms with van der Waals surface area (Å²) < 4.78 is 13.2. The summed E-state index contributed by atoms with van der Waals surface area (Å²) in [5, 5.41) is 3.70. The summed E-state index contributed by atoms with van der Waals surface area (Å²) in [6.45, 7) is 6.35. The normalized spacial score (nSPS) is 14.2. The maximum Gasteiger partial charge on any atom is 0.141 e. The van der Waals surface area contributed by atoms with Crippen LogP contribution in [0.4, 0.5) is 4.39 Å². The Morgan fingerprint density at radius 1 is 1.25 bits per heavy atom. The predicted octanol–water partition coefficient (Wildman–Crippen LogP) is 5.13. The van der Waals surface area contributed by atoms with E-state index >= 15 is 0 Å². The second-order valence-corrected chi connectivity index (χ2v) is 6.96. The van der Waals surface area contributed by atoms with Gasteiger partial charge >= 0.3 is 0 Å². The molecule has 0 saturated carbocycles. The van der Waals surface area contributed by atoms with Crippen LogP contribution in [0.15, 0.2) is 30.3 Å². The van der Waals surface area contributed by atoms with Gasteiger partial charge in [0.2, 0.25) is 0 Å². The Balaban J connectivity index is 1.96. The molecule has 1 nitrogen and oxygen atoms in total. The molecular weight excluding hydrogens is 293 g/mol. The molecule has 1 aromatic carbocycles. The molecule has 0 aliphatic heterocycles. The number of hydrogen-bond acceptors (Lipinski definition) is 2. The number of aryl methyl sites for hydroxylation is 1. The fourth-order valence-electron chi connectivity index (χ4n) is 2.26. The van der Waals surface area contributed by atoms with Crippen LogP contribution in [0.2, 0.25) is 5.02 Å². The molecule has 0 aliphatic rings. The zero-order chi connectivity index (χ0) is 14.7. The molecule has 0 bridgehead atoms. The predicted molar refractivity (Wildman–Crippen MR) is 85.2 cm³/mol. The van der Waals surface area contributed by atoms with Gasteiger partial charge in [0.25, 0.3) is 0 Å². The van der Waals surface area contributed by atoms with E-state index in [0.29, 0.717) is 6.04 Å². The molecular formula is C16H19ClFNS. The Kier molecular flexibility index (Phi) is 5.19. The van der Waals surface area contributed by atoms with Gasteiger partial charge in [0.1, 0.15) is 5.82 Å². The Bertz CT molecular complexity index is 582. The monoisotopic (exact) mass is 311 g/mol. The van der Waals surface area contributed by atoms with Crippen molar-refractivity contribution in [1.82, 2.24) is 5.32 Å². The highest BCUT2D eigenvalue weighted by Crippen LogP contribution is 2.22. The van der Waals surface area contributed by atoms with Gasteiger partial charge in [0, 0.05) is 21.8 Å². The topological polar surface area (TPSA) is 12.0 Å². The summed E-state index contributed by atoms with van der Waals surface area (Å²) in [6, 6.07) is 9.71. The molecule has 2 unspecified atom stereocenters. The Labute approximate surface area is 128 Å². The number of halogens is 2. The van der Waals surface area contributed by atoms with E-state index < -0.39 is 0 Å². The van der Waals surface area contributed by atoms with Gasteiger partial charge in [-0.3, -0.25) is 0 Å². The molecule has 108 valence electrons. The van der Waals surface area contributed by atoms with E-state index in [2.05, 4.69) is 38.2 Å². The molecule has 0 spiro atoms. The minimum Gasteiger partial charge on any atom is -0.307 e. The maximum absolute atomic E-state index is 13.2. The van der Waals surface area contributed by atoms with Crippen molar-refractivity contribution >= 4 is 22.9 Å². The van der Waals surface area contributed by atoms with Crippen molar-refractivity contribution in [3.63, 3.8) is 0 Å². The fourth-order valence-corrected chi connectivity index (χ4v) is 3.47. The number of thiophene rings is 1. The van der Waals surface area contributed by atoms with Crippen LogP contribution in [-0.4, -0.2) is 6.04 Å². The SMILES string of the molecule is Cc1ccc(CC(C)NC(C)c2ccc(F)c(Cl)c2)s1. The molecule has 0 amide bonds. The van der Waals surface area contributed by atoms with Crippen LogP contribution in [-0.2, 0) is 6.42 Å². The van der Waals surface area contributed by atoms with E-state index in [1.807, 2.05) is 11.3 Å². The third-order valence-corrected chi connectivity index (χ3v) is 4.59. The molecule has 1 heterocycles. The minimum absolute atomic E-state index is 0.143. The average Bonchev–Trinajstić information content (AvgIpc) is 2.77. The van der Waals surface area contributed by atoms with Crippen LogP contribution < -0.4 is 5.32 Å². The highest BCUT2D eigenvalue weighted by atomic mass is 35.5. The van der Waals surface area contributed by atoms with Gasteiger partial charge < -0.3 is 5.32 Å². The first-order valence-electron chi connectivity index (χ1n) is 6.72. The van der Waals surface area contributed by atoms with Gasteiger partial charge in [-0.05, 0) is 57.0 Å². The first-order valence-corrected chi connectivity index (χ1v) is 7.91. The zero-order valence-corrected chi connectivity index (χ0v) is 13.5. The van der Waals surface area contributed by atoms with Crippen LogP contribution in [0.5, 0.6) is 0 Å². The minimum atomic E-state index is -0.371. The third kappa shape index (κ3) is 4.05. The van der Waals surface area contributed by atoms with Crippen molar-refractivity contribution in [2.45, 2.75) is 39.3 Å². The third-order valence-electron chi connectivity index (χ3n) is 3.28. The van der Waals surface area contributed by atoms with Crippen LogP contribution in [0.25, 0.3) is 0 Å². The molecule has 0 saturated heterocycles. The Hall–Kier alpha value is -0.900. The van der Waals surface area contributed by atoms with Crippen molar-refractivity contribution in [3.05, 3.63) is 56.5 Å². The molecule has 2 rings (SSSR count). The Morgan fingerprint density at radius 2 is 2.00 bits per heavy atom. The lowest BCUT2D eigenvalue weighted by molar-refractivity contribution is 0.478. The van der Waals surface area contributed by atoms with Crippen molar-refractivity contribution in [1.29, 1.82) is 0 Å². The molecule has 20 heavy (non-hydrogen) atoms. The summed E-state index contributed by atoms with van der Waals surface area (Å²) in [5.41, 5.74) is 1.01. The maximum atomic E-state index is 13.2. The molecule has 1 aromatic heterocycles. The number of nitrogens with one attached hydrogen (secondary N) is 1. The van der Waals surface area contributed by atoms with Gasteiger partial charge in [-0.15, -0.1) is 11.3 Å². The Morgan fingerprint density at radius 3 is 2.60 bits per heavy atom. The highest BCUT2D eigenvalue weighted by Gasteiger charge is 2.12. The summed E-state index contributed by atoms with van der Waals surface area (Å²) in [5.74, 6) is -0.371. The van der Waals surface area contributed by atoms with E-state index in [9.17, 15) is 4.39 Å². The first kappa shape index (κ1) is 15.5. The molecule has 2 atom stereocenters. The smallest absolute Gasteiger partial charge is 0.141 e. The quantitative estimate of drug-likeness (QED) is 0.807. The highest BCUT2D eigenvalue weighted by molar-refractivity contribution is 7.11. The van der Waals surface area contributed by atoms with E-state index in [1.54, 1.807) is 12.1 Å². The molecule has 4 heteroatoms. The van der Waals surface area contributed by atoms with E-state index in [0.717, 1.165) is 12.0 Å². The van der Waals surface area contributed by atoms with E-state index in [4.69, 9.17) is 11.6 Å². The second kappa shape index (κ2) is 6.70. The second-order valence-electron chi connectivity index (χ2n) is 5.18. The van der Waals surface area contributed by atoms with Crippen molar-refractivity contribution < 1.29 is 4.39 Å². The average molecular weight is 312 g/mol. The summed E-state index contributed by atoms with van der Waals surface area (Å²) in [6.07, 6.45) is 0.998. The van der Waals surface area contributed by atoms with Crippen LogP contribution in [0, 0.1) is 12.7 Å². The molecule has 0 aliphatic carbocycles. The fraction of sp³-hybridized carbons (Fsp3) is 0.375. The lowest BCUT2D eigenvalue weighted by atomic mass is 10.1. The lowest BCUT2D eigenvalue weighted by Crippen LogP contribution is -2.30. The van der Waals surface area contributed by atoms with Crippen LogP contribution >= 0.6 is 22.9 Å². The van der Waals surface area contributed by atoms with Crippen LogP contribution in [0.3, 0.4) is 0 Å². The molecule has 1 N–H and O–H groups in total. The van der Waals surface area contributed by atoms with E-state index in [1.165, 1.54) is 15.8 Å². The first-order chi connectivity index (χ1) is 9.45. The van der Waals surface area contributed by atoms with Crippen molar-refractivity contribution in [2.75, 3.05) is 0 Å². The van der Waals surface area contributed by atoms with E-state index in [-0.39, 0.29) is 16.9 Å². The molecule has 2 aromatic rings. The van der Waals surface area contributed by atoms with Crippen LogP contribution in [0.1, 0.15) is 35.2 Å². The van der Waals surface area contributed by atoms with Crippen molar-refractivity contribution in [3.8, 4) is 0 Å². The summed E-state index contributed by atoms with van der Waals surface area (Å²) in [4.78, 5) is 2.72. The van der Waals surface area contributed by atoms with Crippen molar-refractivity contribution in [2.24, 2.45) is 0 Å². The largest absolute Gasteiger partial charge is 0.307 e. The molecule has 0 fully saturated rings. The number of benzene rings is 1. The number of hydrogen-bond donors (Lipinski definition) is 1. The summed E-state index contributed by atoms with van der Waals surface area (Å²) >= 11 is 7.66. The van der Waals surface area contributed by atoms with Gasteiger partial charge in [0.15, 0.2) is 0 Å². The zero-order valence-electron chi connectivity index (χ0n) is 11.9. The van der Waals surface area contributed by atoms with Gasteiger partial charge in [-0.25, -0.2) is 4.39 Å². The molecule has 0 radical (unpaired) electrons. The summed E-state index contributed by atoms with van der Waals surface area (Å²) in [7, 11) is 0. The lowest BCUT2D eigenvalue weighted by Gasteiger charge is -2.20. The standard InChI is InChI=1S/C16H19ClFNS/c1-10(8-14-6-4-11(2)20-14)19-12(3)13-5-7-16(18)15(17)9-13/h4-7,9-10,12,19H,8H2,1-3H3. The van der Waals surface area contributed by atoms with Gasteiger partial charge in [-0.2, -0.15) is 0 Å². The number of rotatable bonds is 5. The van der Waals surface area contributed by atoms with Gasteiger partial charge in [-0.1, -0.05) is 17.7 Å². The van der Waals surface area contributed by atoms with Gasteiger partial charge in [0.05, 0.1) is 5.02 Å².